The molecule has 0 heterocycles. The summed E-state index contributed by atoms with van der Waals surface area (Å²) in [5.74, 6) is -0.418. The monoisotopic (exact) mass is 156 g/mol. The van der Waals surface area contributed by atoms with Crippen molar-refractivity contribution in [2.75, 3.05) is 0 Å². The zero-order chi connectivity index (χ0) is 8.43. The summed E-state index contributed by atoms with van der Waals surface area (Å²) < 4.78 is 13.0. The fourth-order valence-electron chi connectivity index (χ4n) is 1.44. The van der Waals surface area contributed by atoms with E-state index in [9.17, 15) is 9.18 Å². The van der Waals surface area contributed by atoms with Crippen LogP contribution in [-0.2, 0) is 4.79 Å². The van der Waals surface area contributed by atoms with Crippen LogP contribution in [0.25, 0.3) is 0 Å². The quantitative estimate of drug-likeness (QED) is 0.570. The number of Topliss-reactive ketones (excluding diaryl/α,β-unsaturated/α-hetero) is 1. The molecule has 0 fully saturated rings. The summed E-state index contributed by atoms with van der Waals surface area (Å²) >= 11 is 0. The molecule has 0 aliphatic heterocycles. The number of hydrogen-bond donors (Lipinski definition) is 0. The Labute approximate surface area is 66.3 Å². The van der Waals surface area contributed by atoms with Crippen molar-refractivity contribution in [3.8, 4) is 0 Å². The van der Waals surface area contributed by atoms with Crippen LogP contribution in [-0.4, -0.2) is 5.78 Å². The Morgan fingerprint density at radius 1 is 1.64 bits per heavy atom. The molecule has 1 nitrogen and oxygen atoms in total. The molecule has 0 aromatic rings. The van der Waals surface area contributed by atoms with Crippen molar-refractivity contribution in [2.24, 2.45) is 11.8 Å². The Morgan fingerprint density at radius 3 is 2.73 bits per heavy atom. The Morgan fingerprint density at radius 2 is 2.27 bits per heavy atom. The van der Waals surface area contributed by atoms with Crippen LogP contribution in [0.1, 0.15) is 26.7 Å². The van der Waals surface area contributed by atoms with Crippen LogP contribution >= 0.6 is 0 Å². The van der Waals surface area contributed by atoms with Crippen LogP contribution in [0.15, 0.2) is 11.9 Å². The number of rotatable bonds is 1. The summed E-state index contributed by atoms with van der Waals surface area (Å²) in [5, 5.41) is 0. The van der Waals surface area contributed by atoms with Crippen molar-refractivity contribution in [1.82, 2.24) is 0 Å². The van der Waals surface area contributed by atoms with Gasteiger partial charge in [-0.2, -0.15) is 0 Å². The molecule has 62 valence electrons. The second-order valence-corrected chi connectivity index (χ2v) is 3.27. The third-order valence-electron chi connectivity index (χ3n) is 2.18. The van der Waals surface area contributed by atoms with E-state index in [2.05, 4.69) is 0 Å². The number of carbonyl (C=O) groups is 1. The highest BCUT2D eigenvalue weighted by molar-refractivity contribution is 5.80. The lowest BCUT2D eigenvalue weighted by Crippen LogP contribution is -2.17. The average Bonchev–Trinajstić information content (AvgIpc) is 1.85. The van der Waals surface area contributed by atoms with Crippen molar-refractivity contribution >= 4 is 5.78 Å². The molecule has 11 heavy (non-hydrogen) atoms. The highest BCUT2D eigenvalue weighted by Crippen LogP contribution is 2.29. The Bertz CT molecular complexity index is 196. The number of allylic oxidation sites excluding steroid dienone is 2. The molecule has 0 bridgehead atoms. The van der Waals surface area contributed by atoms with E-state index in [1.54, 1.807) is 6.08 Å². The first-order valence-electron chi connectivity index (χ1n) is 3.99. The van der Waals surface area contributed by atoms with Gasteiger partial charge in [0.05, 0.1) is 5.92 Å². The van der Waals surface area contributed by atoms with Crippen LogP contribution < -0.4 is 0 Å². The van der Waals surface area contributed by atoms with Gasteiger partial charge in [-0.15, -0.1) is 0 Å². The number of halogens is 1. The summed E-state index contributed by atoms with van der Waals surface area (Å²) in [6.45, 7) is 3.42. The molecule has 2 heteroatoms. The topological polar surface area (TPSA) is 17.1 Å². The zero-order valence-electron chi connectivity index (χ0n) is 6.93. The first-order valence-corrected chi connectivity index (χ1v) is 3.99. The Balaban J connectivity index is 2.72. The lowest BCUT2D eigenvalue weighted by Gasteiger charge is -2.19. The molecule has 0 aromatic heterocycles. The third-order valence-corrected chi connectivity index (χ3v) is 2.18. The van der Waals surface area contributed by atoms with E-state index in [0.717, 1.165) is 6.42 Å². The molecule has 0 aromatic carbocycles. The van der Waals surface area contributed by atoms with Gasteiger partial charge >= 0.3 is 0 Å². The normalized spacial score (nSPS) is 31.4. The van der Waals surface area contributed by atoms with Crippen molar-refractivity contribution in [2.45, 2.75) is 26.7 Å². The summed E-state index contributed by atoms with van der Waals surface area (Å²) in [5.41, 5.74) is 0. The van der Waals surface area contributed by atoms with Crippen LogP contribution in [0.4, 0.5) is 4.39 Å². The first kappa shape index (κ1) is 8.44. The second kappa shape index (κ2) is 3.16. The van der Waals surface area contributed by atoms with Gasteiger partial charge in [-0.05, 0) is 31.8 Å². The summed E-state index contributed by atoms with van der Waals surface area (Å²) in [6.07, 6.45) is 3.17. The van der Waals surface area contributed by atoms with E-state index in [-0.39, 0.29) is 11.6 Å². The number of hydrogen-bond acceptors (Lipinski definition) is 1. The number of ketones is 1. The molecule has 0 radical (unpaired) electrons. The van der Waals surface area contributed by atoms with Crippen LogP contribution in [0.5, 0.6) is 0 Å². The summed E-state index contributed by atoms with van der Waals surface area (Å²) in [6, 6.07) is 0. The van der Waals surface area contributed by atoms with Crippen molar-refractivity contribution < 1.29 is 9.18 Å². The molecule has 0 N–H and O–H groups in total. The maximum Gasteiger partial charge on any atom is 0.139 e. The van der Waals surface area contributed by atoms with Crippen LogP contribution in [0.2, 0.25) is 0 Å². The SMILES string of the molecule is CC(=O)C1CCC(C)C=C1F. The highest BCUT2D eigenvalue weighted by Gasteiger charge is 2.24. The molecule has 2 unspecified atom stereocenters. The molecule has 0 saturated carbocycles. The summed E-state index contributed by atoms with van der Waals surface area (Å²) in [4.78, 5) is 10.8. The Kier molecular flexibility index (Phi) is 2.42. The van der Waals surface area contributed by atoms with Crippen molar-refractivity contribution in [3.05, 3.63) is 11.9 Å². The van der Waals surface area contributed by atoms with E-state index in [1.807, 2.05) is 6.92 Å². The average molecular weight is 156 g/mol. The minimum Gasteiger partial charge on any atom is -0.299 e. The van der Waals surface area contributed by atoms with E-state index in [0.29, 0.717) is 12.3 Å². The van der Waals surface area contributed by atoms with E-state index in [1.165, 1.54) is 6.92 Å². The predicted molar refractivity (Wildman–Crippen MR) is 41.8 cm³/mol. The standard InChI is InChI=1S/C9H13FO/c1-6-3-4-8(7(2)11)9(10)5-6/h5-6,8H,3-4H2,1-2H3. The fraction of sp³-hybridized carbons (Fsp3) is 0.667. The molecule has 1 aliphatic carbocycles. The molecular weight excluding hydrogens is 143 g/mol. The summed E-state index contributed by atoms with van der Waals surface area (Å²) in [7, 11) is 0. The Hall–Kier alpha value is -0.660. The molecule has 0 amide bonds. The van der Waals surface area contributed by atoms with Gasteiger partial charge in [0.2, 0.25) is 0 Å². The van der Waals surface area contributed by atoms with Crippen LogP contribution in [0, 0.1) is 11.8 Å². The third kappa shape index (κ3) is 1.88. The molecule has 1 aliphatic rings. The van der Waals surface area contributed by atoms with E-state index in [4.69, 9.17) is 0 Å². The molecular formula is C9H13FO. The lowest BCUT2D eigenvalue weighted by molar-refractivity contribution is -0.120. The van der Waals surface area contributed by atoms with Gasteiger partial charge in [0.25, 0.3) is 0 Å². The highest BCUT2D eigenvalue weighted by atomic mass is 19.1. The smallest absolute Gasteiger partial charge is 0.139 e. The molecule has 1 rings (SSSR count). The largest absolute Gasteiger partial charge is 0.299 e. The maximum atomic E-state index is 13.0. The number of carbonyl (C=O) groups excluding carboxylic acids is 1. The van der Waals surface area contributed by atoms with Crippen molar-refractivity contribution in [1.29, 1.82) is 0 Å². The van der Waals surface area contributed by atoms with E-state index >= 15 is 0 Å². The molecule has 0 spiro atoms. The fourth-order valence-corrected chi connectivity index (χ4v) is 1.44. The van der Waals surface area contributed by atoms with Gasteiger partial charge in [0.15, 0.2) is 0 Å². The zero-order valence-corrected chi connectivity index (χ0v) is 6.93. The van der Waals surface area contributed by atoms with Gasteiger partial charge in [0.1, 0.15) is 11.6 Å². The van der Waals surface area contributed by atoms with Gasteiger partial charge in [-0.25, -0.2) is 4.39 Å². The lowest BCUT2D eigenvalue weighted by atomic mass is 9.86. The predicted octanol–water partition coefficient (Wildman–Crippen LogP) is 2.47. The van der Waals surface area contributed by atoms with Gasteiger partial charge in [0, 0.05) is 0 Å². The van der Waals surface area contributed by atoms with Gasteiger partial charge in [-0.3, -0.25) is 4.79 Å². The minimum atomic E-state index is -0.439. The maximum absolute atomic E-state index is 13.0. The van der Waals surface area contributed by atoms with Crippen molar-refractivity contribution in [3.63, 3.8) is 0 Å². The van der Waals surface area contributed by atoms with Gasteiger partial charge in [-0.1, -0.05) is 6.92 Å². The molecule has 2 atom stereocenters. The van der Waals surface area contributed by atoms with Crippen LogP contribution in [0.3, 0.4) is 0 Å². The first-order chi connectivity index (χ1) is 5.11. The molecule has 0 saturated heterocycles. The minimum absolute atomic E-state index is 0.0503. The second-order valence-electron chi connectivity index (χ2n) is 3.27. The van der Waals surface area contributed by atoms with E-state index < -0.39 is 5.92 Å². The van der Waals surface area contributed by atoms with Gasteiger partial charge < -0.3 is 0 Å².